The number of amides is 9. The van der Waals surface area contributed by atoms with Crippen molar-refractivity contribution in [3.05, 3.63) is 12.2 Å². The van der Waals surface area contributed by atoms with Gasteiger partial charge in [-0.1, -0.05) is 153 Å². The highest BCUT2D eigenvalue weighted by molar-refractivity contribution is 8.77. The molecule has 9 amide bonds. The number of hydrogen-bond donors (Lipinski definition) is 6. The van der Waals surface area contributed by atoms with Crippen LogP contribution in [0.1, 0.15) is 183 Å². The van der Waals surface area contributed by atoms with Gasteiger partial charge >= 0.3 is 5.97 Å². The van der Waals surface area contributed by atoms with Crippen LogP contribution in [0.2, 0.25) is 0 Å². The fourth-order valence-corrected chi connectivity index (χ4v) is 13.0. The molecule has 80 heavy (non-hydrogen) atoms. The van der Waals surface area contributed by atoms with Gasteiger partial charge in [0.2, 0.25) is 41.4 Å². The van der Waals surface area contributed by atoms with Gasteiger partial charge in [0, 0.05) is 47.9 Å². The first-order valence-electron chi connectivity index (χ1n) is 29.2. The van der Waals surface area contributed by atoms with Gasteiger partial charge in [0.15, 0.2) is 0 Å². The quantitative estimate of drug-likeness (QED) is 0.0155. The molecule has 5 atom stereocenters. The van der Waals surface area contributed by atoms with Crippen molar-refractivity contribution in [1.29, 1.82) is 0 Å². The highest BCUT2D eigenvalue weighted by Gasteiger charge is 2.39. The Balaban J connectivity index is 1.94. The second-order valence-electron chi connectivity index (χ2n) is 22.1. The summed E-state index contributed by atoms with van der Waals surface area (Å²) >= 11 is 3.04. The molecule has 2 rings (SSSR count). The van der Waals surface area contributed by atoms with Gasteiger partial charge in [0.1, 0.15) is 30.2 Å². The number of imide groups is 1. The van der Waals surface area contributed by atoms with E-state index in [1.807, 2.05) is 40.9 Å². The topological polar surface area (TPSA) is 259 Å². The largest absolute Gasteiger partial charge is 0.467 e. The van der Waals surface area contributed by atoms with Crippen molar-refractivity contribution < 1.29 is 52.7 Å². The van der Waals surface area contributed by atoms with Crippen LogP contribution in [0.5, 0.6) is 0 Å². The van der Waals surface area contributed by atoms with Crippen molar-refractivity contribution in [2.45, 2.75) is 218 Å². The number of thioether (sulfide) groups is 2. The van der Waals surface area contributed by atoms with Crippen molar-refractivity contribution in [2.24, 2.45) is 5.92 Å². The molecule has 2 aliphatic rings. The molecule has 0 saturated carbocycles. The lowest BCUT2D eigenvalue weighted by molar-refractivity contribution is -0.146. The molecular weight excluding hydrogens is 1100 g/mol. The van der Waals surface area contributed by atoms with Crippen molar-refractivity contribution >= 4 is 104 Å². The average Bonchev–Trinajstić information content (AvgIpc) is 4.08. The lowest BCUT2D eigenvalue weighted by Gasteiger charge is -2.30. The number of methoxy groups -OCH3 is 1. The van der Waals surface area contributed by atoms with E-state index in [0.717, 1.165) is 23.5 Å². The van der Waals surface area contributed by atoms with Gasteiger partial charge in [-0.15, -0.1) is 0 Å². The zero-order chi connectivity index (χ0) is 59.3. The van der Waals surface area contributed by atoms with Gasteiger partial charge in [-0.3, -0.25) is 48.1 Å². The third kappa shape index (κ3) is 31.5. The van der Waals surface area contributed by atoms with Crippen molar-refractivity contribution in [2.75, 3.05) is 62.6 Å². The number of nitrogens with one attached hydrogen (secondary N) is 6. The van der Waals surface area contributed by atoms with Gasteiger partial charge in [-0.2, -0.15) is 23.5 Å². The minimum atomic E-state index is -1.09. The standard InChI is InChI=1S/C57H98N8O11S4/c1-9-10-11-12-13-14-15-16-17-18-19-20-21-25-34-78-39-45(56(75)76-7)63-54(73)46-27-26-33-64(46)55(74)43(36-41(2)3)60-49(68)38-59-52(71)42(31-35-77-8)62-53(72)44(40-79-80-57(4,5)6)61-48(67)37-58-47(66)28-23-22-24-32-65-50(69)29-30-51(65)70/h29-30,41-46H,9-28,31-40H2,1-8H3,(H,58,66)(H,59,71)(H,60,68)(H,61,67)(H,62,72)(H,63,73)/t42-,43-,44-,45-,46-/m0/s1. The van der Waals surface area contributed by atoms with Crippen LogP contribution in [0, 0.1) is 5.92 Å². The van der Waals surface area contributed by atoms with E-state index in [2.05, 4.69) is 38.8 Å². The predicted octanol–water partition coefficient (Wildman–Crippen LogP) is 7.00. The summed E-state index contributed by atoms with van der Waals surface area (Å²) in [7, 11) is 4.16. The summed E-state index contributed by atoms with van der Waals surface area (Å²) in [6.07, 6.45) is 25.2. The summed E-state index contributed by atoms with van der Waals surface area (Å²) in [4.78, 5) is 134. The summed E-state index contributed by atoms with van der Waals surface area (Å²) in [5.41, 5.74) is 0. The fourth-order valence-electron chi connectivity index (χ4n) is 9.05. The predicted molar refractivity (Wildman–Crippen MR) is 325 cm³/mol. The van der Waals surface area contributed by atoms with Crippen LogP contribution < -0.4 is 31.9 Å². The number of rotatable bonds is 44. The number of carbonyl (C=O) groups excluding carboxylic acids is 10. The molecule has 0 aromatic rings. The first kappa shape index (κ1) is 72.1. The molecule has 456 valence electrons. The van der Waals surface area contributed by atoms with Gasteiger partial charge in [0.25, 0.3) is 11.8 Å². The Kier molecular flexibility index (Phi) is 37.8. The van der Waals surface area contributed by atoms with Gasteiger partial charge in [-0.25, -0.2) is 4.79 Å². The Bertz CT molecular complexity index is 1960. The summed E-state index contributed by atoms with van der Waals surface area (Å²) in [5.74, 6) is -3.34. The molecule has 19 nitrogen and oxygen atoms in total. The van der Waals surface area contributed by atoms with Crippen LogP contribution in [0.25, 0.3) is 0 Å². The van der Waals surface area contributed by atoms with E-state index in [0.29, 0.717) is 43.6 Å². The minimum Gasteiger partial charge on any atom is -0.467 e. The second-order valence-corrected chi connectivity index (χ2v) is 27.4. The van der Waals surface area contributed by atoms with Gasteiger partial charge in [0.05, 0.1) is 20.2 Å². The molecule has 0 aromatic heterocycles. The maximum absolute atomic E-state index is 14.2. The number of nitrogens with zero attached hydrogens (tertiary/aromatic N) is 2. The fraction of sp³-hybridized carbons (Fsp3) is 0.789. The van der Waals surface area contributed by atoms with E-state index in [9.17, 15) is 47.9 Å². The minimum absolute atomic E-state index is 0.0348. The maximum Gasteiger partial charge on any atom is 0.329 e. The molecule has 0 unspecified atom stereocenters. The summed E-state index contributed by atoms with van der Waals surface area (Å²) in [5, 5.41) is 16.2. The van der Waals surface area contributed by atoms with Crippen molar-refractivity contribution in [3.8, 4) is 0 Å². The van der Waals surface area contributed by atoms with Crippen molar-refractivity contribution in [1.82, 2.24) is 41.7 Å². The summed E-state index contributed by atoms with van der Waals surface area (Å²) in [6.45, 7) is 11.7. The zero-order valence-electron chi connectivity index (χ0n) is 49.4. The Hall–Kier alpha value is -3.96. The van der Waals surface area contributed by atoms with Crippen LogP contribution >= 0.6 is 45.1 Å². The molecule has 0 bridgehead atoms. The lowest BCUT2D eigenvalue weighted by Crippen LogP contribution is -2.57. The monoisotopic (exact) mass is 1200 g/mol. The maximum atomic E-state index is 14.2. The Morgan fingerprint density at radius 3 is 1.81 bits per heavy atom. The number of likely N-dealkylation sites (tertiary alicyclic amines) is 1. The number of ether oxygens (including phenoxy) is 1. The summed E-state index contributed by atoms with van der Waals surface area (Å²) < 4.78 is 4.87. The van der Waals surface area contributed by atoms with E-state index in [1.165, 1.54) is 135 Å². The third-order valence-electron chi connectivity index (χ3n) is 13.4. The normalized spacial score (nSPS) is 15.8. The molecule has 0 aromatic carbocycles. The number of unbranched alkanes of at least 4 members (excludes halogenated alkanes) is 15. The highest BCUT2D eigenvalue weighted by atomic mass is 33.1. The molecule has 1 saturated heterocycles. The van der Waals surface area contributed by atoms with Crippen LogP contribution in [0.3, 0.4) is 0 Å². The number of esters is 1. The van der Waals surface area contributed by atoms with E-state index < -0.39 is 84.7 Å². The molecule has 2 aliphatic heterocycles. The SMILES string of the molecule is CCCCCCCCCCCCCCCCSC[C@H](NC(=O)[C@@H]1CCCN1C(=O)[C@H](CC(C)C)NC(=O)CNC(=O)[C@H](CCSC)NC(=O)[C@H](CSSC(C)(C)C)NC(=O)CNC(=O)CCCCCN1C(=O)C=CC1=O)C(=O)OC. The Morgan fingerprint density at radius 2 is 1.24 bits per heavy atom. The average molecular weight is 1200 g/mol. The first-order chi connectivity index (χ1) is 38.2. The third-order valence-corrected chi connectivity index (χ3v) is 18.5. The van der Waals surface area contributed by atoms with Crippen LogP contribution in [0.4, 0.5) is 0 Å². The van der Waals surface area contributed by atoms with E-state index in [4.69, 9.17) is 4.74 Å². The summed E-state index contributed by atoms with van der Waals surface area (Å²) in [6, 6.07) is -4.94. The molecular formula is C57H98N8O11S4. The molecule has 0 spiro atoms. The van der Waals surface area contributed by atoms with Gasteiger partial charge in [-0.05, 0) is 68.6 Å². The molecule has 0 aliphatic carbocycles. The lowest BCUT2D eigenvalue weighted by atomic mass is 10.0. The Labute approximate surface area is 494 Å². The molecule has 0 radical (unpaired) electrons. The van der Waals surface area contributed by atoms with E-state index >= 15 is 0 Å². The smallest absolute Gasteiger partial charge is 0.329 e. The zero-order valence-corrected chi connectivity index (χ0v) is 52.6. The molecule has 23 heteroatoms. The van der Waals surface area contributed by atoms with E-state index in [-0.39, 0.29) is 66.5 Å². The van der Waals surface area contributed by atoms with Crippen LogP contribution in [-0.4, -0.2) is 166 Å². The van der Waals surface area contributed by atoms with E-state index in [1.54, 1.807) is 11.8 Å². The first-order valence-corrected chi connectivity index (χ1v) is 34.1. The highest BCUT2D eigenvalue weighted by Crippen LogP contribution is 2.35. The van der Waals surface area contributed by atoms with Crippen molar-refractivity contribution in [3.63, 3.8) is 0 Å². The van der Waals surface area contributed by atoms with Gasteiger partial charge < -0.3 is 41.5 Å². The molecule has 1 fully saturated rings. The molecule has 2 heterocycles. The molecule has 6 N–H and O–H groups in total. The van der Waals surface area contributed by atoms with Crippen LogP contribution in [-0.2, 0) is 52.7 Å². The number of hydrogen-bond acceptors (Lipinski definition) is 15. The number of carbonyl (C=O) groups is 10. The second kappa shape index (κ2) is 41.9. The van der Waals surface area contributed by atoms with Crippen LogP contribution in [0.15, 0.2) is 12.2 Å². The Morgan fingerprint density at radius 1 is 0.662 bits per heavy atom.